The lowest BCUT2D eigenvalue weighted by atomic mass is 10.3. The molecule has 0 saturated carbocycles. The molecule has 0 aliphatic carbocycles. The van der Waals surface area contributed by atoms with Crippen LogP contribution in [0.5, 0.6) is 0 Å². The van der Waals surface area contributed by atoms with Gasteiger partial charge in [0.1, 0.15) is 0 Å². The van der Waals surface area contributed by atoms with Crippen molar-refractivity contribution in [1.29, 1.82) is 0 Å². The fourth-order valence-corrected chi connectivity index (χ4v) is 1.16. The highest BCUT2D eigenvalue weighted by Crippen LogP contribution is 1.92. The van der Waals surface area contributed by atoms with Crippen molar-refractivity contribution < 1.29 is 9.90 Å². The maximum absolute atomic E-state index is 10.3. The van der Waals surface area contributed by atoms with E-state index in [0.29, 0.717) is 6.04 Å². The molecule has 0 aliphatic rings. The standard InChI is InChI=1S/C10H22N2O2/c1-9(2)11-6-8-12(3)7-4-5-10(13)14/h9,11H,4-8H2,1-3H3,(H,13,14). The zero-order valence-corrected chi connectivity index (χ0v) is 9.42. The van der Waals surface area contributed by atoms with Gasteiger partial charge >= 0.3 is 5.97 Å². The van der Waals surface area contributed by atoms with Gasteiger partial charge in [-0.3, -0.25) is 4.79 Å². The Morgan fingerprint density at radius 3 is 2.57 bits per heavy atom. The normalized spacial score (nSPS) is 11.2. The zero-order valence-electron chi connectivity index (χ0n) is 9.42. The molecule has 0 radical (unpaired) electrons. The average Bonchev–Trinajstić information content (AvgIpc) is 2.02. The van der Waals surface area contributed by atoms with Crippen LogP contribution in [0.15, 0.2) is 0 Å². The molecule has 0 aromatic carbocycles. The van der Waals surface area contributed by atoms with Crippen molar-refractivity contribution >= 4 is 5.97 Å². The summed E-state index contributed by atoms with van der Waals surface area (Å²) in [4.78, 5) is 12.4. The Hall–Kier alpha value is -0.610. The van der Waals surface area contributed by atoms with Crippen LogP contribution in [0.25, 0.3) is 0 Å². The van der Waals surface area contributed by atoms with Crippen molar-refractivity contribution in [3.63, 3.8) is 0 Å². The van der Waals surface area contributed by atoms with E-state index in [1.807, 2.05) is 7.05 Å². The van der Waals surface area contributed by atoms with Gasteiger partial charge in [-0.2, -0.15) is 0 Å². The Bertz CT molecular complexity index is 160. The molecule has 0 saturated heterocycles. The Kier molecular flexibility index (Phi) is 7.42. The predicted molar refractivity (Wildman–Crippen MR) is 57.5 cm³/mol. The summed E-state index contributed by atoms with van der Waals surface area (Å²) in [6.45, 7) is 7.01. The second-order valence-corrected chi connectivity index (χ2v) is 3.91. The van der Waals surface area contributed by atoms with Crippen LogP contribution in [0.1, 0.15) is 26.7 Å². The lowest BCUT2D eigenvalue weighted by Crippen LogP contribution is -2.33. The molecule has 0 spiro atoms. The summed E-state index contributed by atoms with van der Waals surface area (Å²) in [6.07, 6.45) is 0.995. The first kappa shape index (κ1) is 13.4. The van der Waals surface area contributed by atoms with Crippen LogP contribution in [0.2, 0.25) is 0 Å². The van der Waals surface area contributed by atoms with E-state index in [9.17, 15) is 4.79 Å². The Morgan fingerprint density at radius 2 is 2.07 bits per heavy atom. The summed E-state index contributed by atoms with van der Waals surface area (Å²) in [7, 11) is 2.02. The van der Waals surface area contributed by atoms with Gasteiger partial charge in [0.05, 0.1) is 0 Å². The summed E-state index contributed by atoms with van der Waals surface area (Å²) in [5.74, 6) is -0.710. The molecule has 0 atom stereocenters. The lowest BCUT2D eigenvalue weighted by Gasteiger charge is -2.17. The molecule has 2 N–H and O–H groups in total. The molecule has 84 valence electrons. The molecule has 14 heavy (non-hydrogen) atoms. The number of nitrogens with zero attached hydrogens (tertiary/aromatic N) is 1. The first-order valence-corrected chi connectivity index (χ1v) is 5.16. The average molecular weight is 202 g/mol. The third-order valence-corrected chi connectivity index (χ3v) is 1.98. The third kappa shape index (κ3) is 9.48. The SMILES string of the molecule is CC(C)NCCN(C)CCCC(=O)O. The van der Waals surface area contributed by atoms with Gasteiger partial charge in [-0.1, -0.05) is 13.8 Å². The molecule has 4 nitrogen and oxygen atoms in total. The minimum atomic E-state index is -0.710. The van der Waals surface area contributed by atoms with Crippen molar-refractivity contribution in [3.8, 4) is 0 Å². The predicted octanol–water partition coefficient (Wildman–Crippen LogP) is 0.781. The molecule has 4 heteroatoms. The monoisotopic (exact) mass is 202 g/mol. The fourth-order valence-electron chi connectivity index (χ4n) is 1.16. The molecular formula is C10H22N2O2. The second-order valence-electron chi connectivity index (χ2n) is 3.91. The van der Waals surface area contributed by atoms with Crippen molar-refractivity contribution in [2.24, 2.45) is 0 Å². The number of carboxylic acid groups (broad SMARTS) is 1. The number of carboxylic acids is 1. The number of aliphatic carboxylic acids is 1. The van der Waals surface area contributed by atoms with E-state index < -0.39 is 5.97 Å². The van der Waals surface area contributed by atoms with Gasteiger partial charge in [-0.05, 0) is 20.0 Å². The van der Waals surface area contributed by atoms with Gasteiger partial charge in [-0.15, -0.1) is 0 Å². The molecule has 0 amide bonds. The minimum absolute atomic E-state index is 0.266. The van der Waals surface area contributed by atoms with Crippen LogP contribution >= 0.6 is 0 Å². The Balaban J connectivity index is 3.27. The van der Waals surface area contributed by atoms with Gasteiger partial charge in [-0.25, -0.2) is 0 Å². The zero-order chi connectivity index (χ0) is 11.0. The number of hydrogen-bond donors (Lipinski definition) is 2. The summed E-state index contributed by atoms with van der Waals surface area (Å²) < 4.78 is 0. The smallest absolute Gasteiger partial charge is 0.303 e. The van der Waals surface area contributed by atoms with Crippen LogP contribution in [0.3, 0.4) is 0 Å². The van der Waals surface area contributed by atoms with Gasteiger partial charge < -0.3 is 15.3 Å². The van der Waals surface area contributed by atoms with E-state index in [2.05, 4.69) is 24.1 Å². The highest BCUT2D eigenvalue weighted by Gasteiger charge is 2.01. The summed E-state index contributed by atoms with van der Waals surface area (Å²) in [6, 6.07) is 0.516. The topological polar surface area (TPSA) is 52.6 Å². The number of hydrogen-bond acceptors (Lipinski definition) is 3. The molecule has 0 aliphatic heterocycles. The Labute approximate surface area is 86.3 Å². The first-order chi connectivity index (χ1) is 6.52. The summed E-state index contributed by atoms with van der Waals surface area (Å²) in [5, 5.41) is 11.8. The van der Waals surface area contributed by atoms with Crippen LogP contribution < -0.4 is 5.32 Å². The number of likely N-dealkylation sites (N-methyl/N-ethyl adjacent to an activating group) is 1. The van der Waals surface area contributed by atoms with E-state index in [1.165, 1.54) is 0 Å². The van der Waals surface area contributed by atoms with Crippen LogP contribution in [-0.2, 0) is 4.79 Å². The summed E-state index contributed by atoms with van der Waals surface area (Å²) >= 11 is 0. The van der Waals surface area contributed by atoms with Crippen molar-refractivity contribution in [2.45, 2.75) is 32.7 Å². The molecular weight excluding hydrogens is 180 g/mol. The van der Waals surface area contributed by atoms with E-state index in [-0.39, 0.29) is 6.42 Å². The van der Waals surface area contributed by atoms with E-state index >= 15 is 0 Å². The van der Waals surface area contributed by atoms with Gasteiger partial charge in [0, 0.05) is 25.6 Å². The largest absolute Gasteiger partial charge is 0.481 e. The molecule has 0 aromatic heterocycles. The second kappa shape index (κ2) is 7.76. The number of rotatable bonds is 8. The number of carbonyl (C=O) groups is 1. The number of nitrogens with one attached hydrogen (secondary N) is 1. The highest BCUT2D eigenvalue weighted by molar-refractivity contribution is 5.66. The maximum Gasteiger partial charge on any atom is 0.303 e. The minimum Gasteiger partial charge on any atom is -0.481 e. The van der Waals surface area contributed by atoms with Gasteiger partial charge in [0.25, 0.3) is 0 Å². The quantitative estimate of drug-likeness (QED) is 0.611. The van der Waals surface area contributed by atoms with Gasteiger partial charge in [0.15, 0.2) is 0 Å². The molecule has 0 aromatic rings. The van der Waals surface area contributed by atoms with Crippen LogP contribution in [0.4, 0.5) is 0 Å². The highest BCUT2D eigenvalue weighted by atomic mass is 16.4. The molecule has 0 fully saturated rings. The Morgan fingerprint density at radius 1 is 1.43 bits per heavy atom. The van der Waals surface area contributed by atoms with E-state index in [0.717, 1.165) is 26.1 Å². The molecule has 0 bridgehead atoms. The third-order valence-electron chi connectivity index (χ3n) is 1.98. The van der Waals surface area contributed by atoms with Crippen LogP contribution in [-0.4, -0.2) is 48.7 Å². The van der Waals surface area contributed by atoms with Crippen molar-refractivity contribution in [3.05, 3.63) is 0 Å². The summed E-state index contributed by atoms with van der Waals surface area (Å²) in [5.41, 5.74) is 0. The molecule has 0 unspecified atom stereocenters. The van der Waals surface area contributed by atoms with Crippen LogP contribution in [0, 0.1) is 0 Å². The van der Waals surface area contributed by atoms with E-state index in [1.54, 1.807) is 0 Å². The van der Waals surface area contributed by atoms with Crippen molar-refractivity contribution in [1.82, 2.24) is 10.2 Å². The maximum atomic E-state index is 10.3. The molecule has 0 rings (SSSR count). The fraction of sp³-hybridized carbons (Fsp3) is 0.900. The lowest BCUT2D eigenvalue weighted by molar-refractivity contribution is -0.137. The first-order valence-electron chi connectivity index (χ1n) is 5.16. The molecule has 0 heterocycles. The van der Waals surface area contributed by atoms with Crippen molar-refractivity contribution in [2.75, 3.05) is 26.7 Å². The van der Waals surface area contributed by atoms with E-state index in [4.69, 9.17) is 5.11 Å². The van der Waals surface area contributed by atoms with Gasteiger partial charge in [0.2, 0.25) is 0 Å².